The highest BCUT2D eigenvalue weighted by Crippen LogP contribution is 2.26. The second-order valence-electron chi connectivity index (χ2n) is 6.95. The van der Waals surface area contributed by atoms with E-state index in [1.54, 1.807) is 22.7 Å². The van der Waals surface area contributed by atoms with Gasteiger partial charge >= 0.3 is 0 Å². The first-order chi connectivity index (χ1) is 14.7. The molecular weight excluding hydrogens is 422 g/mol. The van der Waals surface area contributed by atoms with Crippen molar-refractivity contribution in [3.8, 4) is 11.4 Å². The van der Waals surface area contributed by atoms with E-state index in [0.717, 1.165) is 11.8 Å². The number of hydrogen-bond donors (Lipinski definition) is 1. The lowest BCUT2D eigenvalue weighted by Crippen LogP contribution is -2.15. The van der Waals surface area contributed by atoms with E-state index in [2.05, 4.69) is 20.4 Å². The number of carbonyl (C=O) groups excluding carboxylic acids is 1. The van der Waals surface area contributed by atoms with Crippen LogP contribution < -0.4 is 5.32 Å². The third-order valence-corrected chi connectivity index (χ3v) is 5.14. The Morgan fingerprint density at radius 1 is 1.26 bits per heavy atom. The smallest absolute Gasteiger partial charge is 0.274 e. The molecule has 1 aromatic carbocycles. The van der Waals surface area contributed by atoms with Crippen LogP contribution in [-0.2, 0) is 14.3 Å². The Kier molecular flexibility index (Phi) is 5.29. The van der Waals surface area contributed by atoms with Crippen LogP contribution in [0.1, 0.15) is 35.0 Å². The molecule has 0 unspecified atom stereocenters. The number of rotatable bonds is 6. The van der Waals surface area contributed by atoms with Crippen LogP contribution in [-0.4, -0.2) is 40.1 Å². The van der Waals surface area contributed by atoms with Gasteiger partial charge in [0, 0.05) is 17.4 Å². The van der Waals surface area contributed by atoms with Crippen molar-refractivity contribution in [2.45, 2.75) is 20.0 Å². The number of aryl methyl sites for hydroxylation is 1. The summed E-state index contributed by atoms with van der Waals surface area (Å²) in [5.74, 6) is -0.0514. The number of pyridine rings is 1. The fourth-order valence-corrected chi connectivity index (χ4v) is 3.61. The molecule has 1 atom stereocenters. The van der Waals surface area contributed by atoms with E-state index in [9.17, 15) is 13.2 Å². The minimum Gasteiger partial charge on any atom is -0.336 e. The first-order valence-corrected chi connectivity index (χ1v) is 11.1. The molecule has 0 radical (unpaired) electrons. The summed E-state index contributed by atoms with van der Waals surface area (Å²) in [7, 11) is -3.67. The fraction of sp³-hybridized carbons (Fsp3) is 0.200. The summed E-state index contributed by atoms with van der Waals surface area (Å²) in [4.78, 5) is 21.3. The molecule has 0 fully saturated rings. The number of anilines is 1. The Balaban J connectivity index is 1.59. The van der Waals surface area contributed by atoms with Gasteiger partial charge in [0.2, 0.25) is 5.82 Å². The second-order valence-corrected chi connectivity index (χ2v) is 8.56. The molecule has 3 aromatic heterocycles. The summed E-state index contributed by atoms with van der Waals surface area (Å²) >= 11 is 0. The van der Waals surface area contributed by atoms with Gasteiger partial charge in [-0.3, -0.25) is 13.4 Å². The summed E-state index contributed by atoms with van der Waals surface area (Å²) in [5.41, 5.74) is 3.06. The van der Waals surface area contributed by atoms with Gasteiger partial charge in [-0.1, -0.05) is 23.4 Å². The highest BCUT2D eigenvalue weighted by atomic mass is 32.2. The first-order valence-electron chi connectivity index (χ1n) is 9.27. The SMILES string of the molecule is Cc1ccc(-c2noc([C@@H](C)OS(C)(=O)=O)n2)cc1NC(=O)c1cnc2ccccn12. The largest absolute Gasteiger partial charge is 0.336 e. The van der Waals surface area contributed by atoms with Gasteiger partial charge in [-0.05, 0) is 37.6 Å². The highest BCUT2D eigenvalue weighted by molar-refractivity contribution is 7.86. The van der Waals surface area contributed by atoms with Crippen LogP contribution in [0.2, 0.25) is 0 Å². The number of benzene rings is 1. The minimum atomic E-state index is -3.67. The fourth-order valence-electron chi connectivity index (χ4n) is 3.00. The Labute approximate surface area is 178 Å². The molecule has 0 aliphatic heterocycles. The molecule has 0 aliphatic carbocycles. The Hall–Kier alpha value is -3.57. The van der Waals surface area contributed by atoms with E-state index in [0.29, 0.717) is 22.6 Å². The molecule has 4 aromatic rings. The molecule has 0 spiro atoms. The van der Waals surface area contributed by atoms with Crippen molar-refractivity contribution in [3.63, 3.8) is 0 Å². The molecule has 1 N–H and O–H groups in total. The number of carbonyl (C=O) groups is 1. The van der Waals surface area contributed by atoms with Crippen LogP contribution in [0, 0.1) is 6.92 Å². The van der Waals surface area contributed by atoms with Crippen LogP contribution in [0.4, 0.5) is 5.69 Å². The zero-order chi connectivity index (χ0) is 22.2. The maximum absolute atomic E-state index is 12.8. The van der Waals surface area contributed by atoms with Crippen LogP contribution in [0.5, 0.6) is 0 Å². The first kappa shape index (κ1) is 20.7. The summed E-state index contributed by atoms with van der Waals surface area (Å²) in [5, 5.41) is 6.78. The molecule has 10 nitrogen and oxygen atoms in total. The topological polar surface area (TPSA) is 129 Å². The quantitative estimate of drug-likeness (QED) is 0.452. The van der Waals surface area contributed by atoms with Gasteiger partial charge in [-0.15, -0.1) is 0 Å². The van der Waals surface area contributed by atoms with Crippen LogP contribution >= 0.6 is 0 Å². The van der Waals surface area contributed by atoms with Crippen LogP contribution in [0.15, 0.2) is 53.3 Å². The number of aromatic nitrogens is 4. The number of amides is 1. The van der Waals surface area contributed by atoms with Crippen molar-refractivity contribution >= 4 is 27.4 Å². The summed E-state index contributed by atoms with van der Waals surface area (Å²) in [6.07, 6.45) is 3.30. The zero-order valence-corrected chi connectivity index (χ0v) is 17.8. The van der Waals surface area contributed by atoms with Gasteiger partial charge in [0.25, 0.3) is 21.9 Å². The van der Waals surface area contributed by atoms with E-state index < -0.39 is 16.2 Å². The minimum absolute atomic E-state index is 0.0253. The molecule has 0 aliphatic rings. The second kappa shape index (κ2) is 7.93. The molecule has 160 valence electrons. The monoisotopic (exact) mass is 441 g/mol. The Morgan fingerprint density at radius 2 is 2.06 bits per heavy atom. The highest BCUT2D eigenvalue weighted by Gasteiger charge is 2.21. The maximum atomic E-state index is 12.8. The molecule has 0 bridgehead atoms. The van der Waals surface area contributed by atoms with Crippen LogP contribution in [0.25, 0.3) is 17.0 Å². The molecular formula is C20H19N5O5S. The Bertz CT molecular complexity index is 1380. The van der Waals surface area contributed by atoms with Crippen molar-refractivity contribution in [2.75, 3.05) is 11.6 Å². The number of fused-ring (bicyclic) bond motifs is 1. The lowest BCUT2D eigenvalue weighted by molar-refractivity contribution is 0.102. The summed E-state index contributed by atoms with van der Waals surface area (Å²) < 4.78 is 34.3. The third kappa shape index (κ3) is 4.47. The third-order valence-electron chi connectivity index (χ3n) is 4.50. The lowest BCUT2D eigenvalue weighted by atomic mass is 10.1. The average Bonchev–Trinajstić information content (AvgIpc) is 3.36. The predicted molar refractivity (Wildman–Crippen MR) is 112 cm³/mol. The molecule has 11 heteroatoms. The lowest BCUT2D eigenvalue weighted by Gasteiger charge is -2.09. The van der Waals surface area contributed by atoms with E-state index in [1.807, 2.05) is 31.2 Å². The number of imidazole rings is 1. The van der Waals surface area contributed by atoms with Gasteiger partial charge in [0.05, 0.1) is 12.5 Å². The molecule has 31 heavy (non-hydrogen) atoms. The molecule has 0 saturated heterocycles. The van der Waals surface area contributed by atoms with Gasteiger partial charge in [0.15, 0.2) is 6.10 Å². The molecule has 4 rings (SSSR count). The van der Waals surface area contributed by atoms with E-state index in [1.165, 1.54) is 13.1 Å². The van der Waals surface area contributed by atoms with Gasteiger partial charge in [0.1, 0.15) is 11.3 Å². The maximum Gasteiger partial charge on any atom is 0.274 e. The standard InChI is InChI=1S/C20H19N5O5S/c1-12-7-8-14(18-23-20(29-24-18)13(2)30-31(3,27)28)10-15(12)22-19(26)16-11-21-17-6-4-5-9-25(16)17/h4-11,13H,1-3H3,(H,22,26)/t13-/m1/s1. The van der Waals surface area contributed by atoms with Crippen molar-refractivity contribution in [1.29, 1.82) is 0 Å². The molecule has 0 saturated carbocycles. The zero-order valence-electron chi connectivity index (χ0n) is 16.9. The van der Waals surface area contributed by atoms with Crippen LogP contribution in [0.3, 0.4) is 0 Å². The summed E-state index contributed by atoms with van der Waals surface area (Å²) in [6.45, 7) is 3.35. The Morgan fingerprint density at radius 3 is 2.84 bits per heavy atom. The predicted octanol–water partition coefficient (Wildman–Crippen LogP) is 2.98. The number of hydrogen-bond acceptors (Lipinski definition) is 8. The van der Waals surface area contributed by atoms with Gasteiger partial charge in [-0.2, -0.15) is 13.4 Å². The van der Waals surface area contributed by atoms with E-state index >= 15 is 0 Å². The van der Waals surface area contributed by atoms with Crippen molar-refractivity contribution in [1.82, 2.24) is 19.5 Å². The van der Waals surface area contributed by atoms with Crippen molar-refractivity contribution in [2.24, 2.45) is 0 Å². The van der Waals surface area contributed by atoms with Crippen molar-refractivity contribution in [3.05, 3.63) is 65.9 Å². The van der Waals surface area contributed by atoms with Gasteiger partial charge < -0.3 is 9.84 Å². The van der Waals surface area contributed by atoms with E-state index in [4.69, 9.17) is 8.71 Å². The van der Waals surface area contributed by atoms with Crippen molar-refractivity contribution < 1.29 is 21.9 Å². The number of nitrogens with one attached hydrogen (secondary N) is 1. The molecule has 3 heterocycles. The normalized spacial score (nSPS) is 12.7. The average molecular weight is 441 g/mol. The number of nitrogens with zero attached hydrogens (tertiary/aromatic N) is 4. The summed E-state index contributed by atoms with van der Waals surface area (Å²) in [6, 6.07) is 10.8. The molecule has 1 amide bonds. The van der Waals surface area contributed by atoms with E-state index in [-0.39, 0.29) is 17.6 Å². The van der Waals surface area contributed by atoms with Gasteiger partial charge in [-0.25, -0.2) is 4.98 Å².